The summed E-state index contributed by atoms with van der Waals surface area (Å²) in [4.78, 5) is 27.2. The zero-order valence-corrected chi connectivity index (χ0v) is 17.7. The van der Waals surface area contributed by atoms with Crippen LogP contribution < -0.4 is 10.5 Å². The normalized spacial score (nSPS) is 15.4. The number of aryl methyl sites for hydroxylation is 1. The van der Waals surface area contributed by atoms with E-state index >= 15 is 0 Å². The number of fused-ring (bicyclic) bond motifs is 1. The molecule has 1 fully saturated rings. The minimum Gasteiger partial charge on any atom is -0.338 e. The fraction of sp³-hybridized carbons (Fsp3) is 0.450. The van der Waals surface area contributed by atoms with Gasteiger partial charge in [0.05, 0.1) is 10.1 Å². The van der Waals surface area contributed by atoms with Crippen molar-refractivity contribution in [3.05, 3.63) is 47.0 Å². The third-order valence-corrected chi connectivity index (χ3v) is 6.99. The number of unbranched alkanes of at least 4 members (excludes halogenated alkanes) is 1. The molecule has 28 heavy (non-hydrogen) atoms. The molecule has 0 N–H and O–H groups in total. The van der Waals surface area contributed by atoms with Crippen LogP contribution >= 0.6 is 23.3 Å². The first-order chi connectivity index (χ1) is 13.7. The van der Waals surface area contributed by atoms with Crippen molar-refractivity contribution in [1.29, 1.82) is 0 Å². The van der Waals surface area contributed by atoms with Gasteiger partial charge in [-0.3, -0.25) is 13.7 Å². The summed E-state index contributed by atoms with van der Waals surface area (Å²) in [7, 11) is 0. The fourth-order valence-electron chi connectivity index (χ4n) is 3.54. The fourth-order valence-corrected chi connectivity index (χ4v) is 4.99. The van der Waals surface area contributed by atoms with Gasteiger partial charge in [0.25, 0.3) is 5.56 Å². The van der Waals surface area contributed by atoms with E-state index in [9.17, 15) is 4.79 Å². The second kappa shape index (κ2) is 9.07. The summed E-state index contributed by atoms with van der Waals surface area (Å²) in [5, 5.41) is 0.858. The van der Waals surface area contributed by atoms with Gasteiger partial charge < -0.3 is 4.90 Å². The summed E-state index contributed by atoms with van der Waals surface area (Å²) in [5.74, 6) is 0.830. The quantitative estimate of drug-likeness (QED) is 0.436. The van der Waals surface area contributed by atoms with Crippen LogP contribution in [0.3, 0.4) is 0 Å². The molecule has 1 aromatic carbocycles. The minimum atomic E-state index is 0.160. The van der Waals surface area contributed by atoms with Crippen LogP contribution in [0.2, 0.25) is 0 Å². The largest absolute Gasteiger partial charge is 0.338 e. The Balaban J connectivity index is 1.24. The van der Waals surface area contributed by atoms with E-state index in [0.29, 0.717) is 0 Å². The van der Waals surface area contributed by atoms with Gasteiger partial charge in [-0.1, -0.05) is 11.5 Å². The Morgan fingerprint density at radius 3 is 2.57 bits per heavy atom. The molecule has 6 nitrogen and oxygen atoms in total. The molecular weight excluding hydrogens is 390 g/mol. The van der Waals surface area contributed by atoms with Crippen molar-refractivity contribution in [2.75, 3.05) is 43.9 Å². The monoisotopic (exact) mass is 415 g/mol. The lowest BCUT2D eigenvalue weighted by Gasteiger charge is -2.34. The molecule has 0 unspecified atom stereocenters. The molecule has 1 saturated heterocycles. The number of anilines is 1. The first-order valence-corrected chi connectivity index (χ1v) is 11.7. The van der Waals surface area contributed by atoms with Gasteiger partial charge in [0, 0.05) is 50.0 Å². The zero-order chi connectivity index (χ0) is 19.3. The predicted molar refractivity (Wildman–Crippen MR) is 118 cm³/mol. The Hall–Kier alpha value is -1.90. The molecule has 148 valence electrons. The number of hydrogen-bond donors (Lipinski definition) is 0. The van der Waals surface area contributed by atoms with E-state index in [1.807, 2.05) is 22.3 Å². The first-order valence-electron chi connectivity index (χ1n) is 9.67. The van der Waals surface area contributed by atoms with Gasteiger partial charge in [0.1, 0.15) is 0 Å². The molecule has 3 aromatic rings. The van der Waals surface area contributed by atoms with Crippen molar-refractivity contribution in [2.24, 2.45) is 0 Å². The standard InChI is InChI=1S/C20H25N5OS2/c1-27-16-5-6-18-17(15-16)19(26)25(28-18)10-3-2-9-23-11-13-24(14-12-23)20-21-7-4-8-22-20/h4-8,15H,2-3,9-14H2,1H3. The highest BCUT2D eigenvalue weighted by atomic mass is 32.2. The van der Waals surface area contributed by atoms with Crippen molar-refractivity contribution in [3.8, 4) is 0 Å². The van der Waals surface area contributed by atoms with Crippen molar-refractivity contribution in [3.63, 3.8) is 0 Å². The third-order valence-electron chi connectivity index (χ3n) is 5.15. The van der Waals surface area contributed by atoms with Crippen LogP contribution in [-0.4, -0.2) is 57.8 Å². The van der Waals surface area contributed by atoms with Crippen LogP contribution in [-0.2, 0) is 6.54 Å². The molecule has 0 aliphatic carbocycles. The maximum atomic E-state index is 12.6. The van der Waals surface area contributed by atoms with E-state index in [0.717, 1.165) is 73.0 Å². The molecule has 0 bridgehead atoms. The lowest BCUT2D eigenvalue weighted by atomic mass is 10.2. The van der Waals surface area contributed by atoms with Crippen molar-refractivity contribution >= 4 is 39.3 Å². The molecular formula is C20H25N5OS2. The highest BCUT2D eigenvalue weighted by molar-refractivity contribution is 7.98. The highest BCUT2D eigenvalue weighted by Crippen LogP contribution is 2.23. The SMILES string of the molecule is CSc1ccc2sn(CCCCN3CCN(c4ncccn4)CC3)c(=O)c2c1. The molecule has 0 spiro atoms. The highest BCUT2D eigenvalue weighted by Gasteiger charge is 2.18. The Kier molecular flexibility index (Phi) is 6.29. The summed E-state index contributed by atoms with van der Waals surface area (Å²) >= 11 is 3.27. The zero-order valence-electron chi connectivity index (χ0n) is 16.1. The number of thioether (sulfide) groups is 1. The number of hydrogen-bond acceptors (Lipinski definition) is 7. The molecule has 3 heterocycles. The lowest BCUT2D eigenvalue weighted by Crippen LogP contribution is -2.47. The Morgan fingerprint density at radius 2 is 1.82 bits per heavy atom. The van der Waals surface area contributed by atoms with E-state index < -0.39 is 0 Å². The number of rotatable bonds is 7. The van der Waals surface area contributed by atoms with Gasteiger partial charge in [-0.2, -0.15) is 0 Å². The molecule has 0 amide bonds. The van der Waals surface area contributed by atoms with E-state index in [4.69, 9.17) is 0 Å². The van der Waals surface area contributed by atoms with Crippen LogP contribution in [0.5, 0.6) is 0 Å². The van der Waals surface area contributed by atoms with Gasteiger partial charge in [-0.25, -0.2) is 9.97 Å². The summed E-state index contributed by atoms with van der Waals surface area (Å²) in [5.41, 5.74) is 0.160. The van der Waals surface area contributed by atoms with Gasteiger partial charge in [0.2, 0.25) is 5.95 Å². The average Bonchev–Trinajstić information content (AvgIpc) is 3.07. The summed E-state index contributed by atoms with van der Waals surface area (Å²) in [6, 6.07) is 8.03. The molecule has 2 aromatic heterocycles. The maximum Gasteiger partial charge on any atom is 0.268 e. The van der Waals surface area contributed by atoms with E-state index in [-0.39, 0.29) is 5.56 Å². The second-order valence-corrected chi connectivity index (χ2v) is 8.89. The molecule has 1 aliphatic rings. The molecule has 1 aliphatic heterocycles. The van der Waals surface area contributed by atoms with Crippen LogP contribution in [0, 0.1) is 0 Å². The van der Waals surface area contributed by atoms with Gasteiger partial charge in [-0.15, -0.1) is 11.8 Å². The van der Waals surface area contributed by atoms with E-state index in [1.165, 1.54) is 0 Å². The van der Waals surface area contributed by atoms with Crippen molar-refractivity contribution < 1.29 is 0 Å². The summed E-state index contributed by atoms with van der Waals surface area (Å²) in [6.07, 6.45) is 7.78. The van der Waals surface area contributed by atoms with Gasteiger partial charge in [0.15, 0.2) is 0 Å². The minimum absolute atomic E-state index is 0.160. The average molecular weight is 416 g/mol. The number of piperazine rings is 1. The van der Waals surface area contributed by atoms with Crippen LogP contribution in [0.4, 0.5) is 5.95 Å². The molecule has 0 saturated carbocycles. The van der Waals surface area contributed by atoms with Gasteiger partial charge in [-0.05, 0) is 49.9 Å². The smallest absolute Gasteiger partial charge is 0.268 e. The first kappa shape index (κ1) is 19.4. The van der Waals surface area contributed by atoms with Crippen LogP contribution in [0.25, 0.3) is 10.1 Å². The maximum absolute atomic E-state index is 12.6. The van der Waals surface area contributed by atoms with Crippen LogP contribution in [0.15, 0.2) is 46.3 Å². The third kappa shape index (κ3) is 4.39. The summed E-state index contributed by atoms with van der Waals surface area (Å²) in [6.45, 7) is 5.91. The number of benzene rings is 1. The Bertz CT molecular complexity index is 964. The Morgan fingerprint density at radius 1 is 1.07 bits per heavy atom. The predicted octanol–water partition coefficient (Wildman–Crippen LogP) is 3.18. The molecule has 0 atom stereocenters. The van der Waals surface area contributed by atoms with Crippen molar-refractivity contribution in [1.82, 2.24) is 18.8 Å². The molecule has 0 radical (unpaired) electrons. The lowest BCUT2D eigenvalue weighted by molar-refractivity contribution is 0.250. The number of aromatic nitrogens is 3. The van der Waals surface area contributed by atoms with Gasteiger partial charge >= 0.3 is 0 Å². The molecule has 4 rings (SSSR count). The summed E-state index contributed by atoms with van der Waals surface area (Å²) < 4.78 is 3.00. The Labute approximate surface area is 173 Å². The van der Waals surface area contributed by atoms with Crippen molar-refractivity contribution in [2.45, 2.75) is 24.3 Å². The molecule has 8 heteroatoms. The number of nitrogens with zero attached hydrogens (tertiary/aromatic N) is 5. The van der Waals surface area contributed by atoms with E-state index in [2.05, 4.69) is 31.9 Å². The van der Waals surface area contributed by atoms with Crippen LogP contribution in [0.1, 0.15) is 12.8 Å². The van der Waals surface area contributed by atoms with E-state index in [1.54, 1.807) is 35.7 Å². The topological polar surface area (TPSA) is 54.3 Å². The second-order valence-electron chi connectivity index (χ2n) is 6.95.